The molecule has 0 aromatic heterocycles. The first-order chi connectivity index (χ1) is 12.5. The minimum atomic E-state index is -0.583. The van der Waals surface area contributed by atoms with Gasteiger partial charge < -0.3 is 9.47 Å². The number of nitro benzene ring substituents is 1. The third-order valence-electron chi connectivity index (χ3n) is 3.54. The predicted octanol–water partition coefficient (Wildman–Crippen LogP) is 2.71. The number of nitrogens with zero attached hydrogens (tertiary/aromatic N) is 2. The van der Waals surface area contributed by atoms with Crippen LogP contribution in [0.2, 0.25) is 5.02 Å². The number of rotatable bonds is 5. The number of nitro groups is 1. The first-order valence-corrected chi connectivity index (χ1v) is 8.05. The molecule has 134 valence electrons. The first-order valence-electron chi connectivity index (χ1n) is 7.67. The Balaban J connectivity index is 1.59. The second kappa shape index (κ2) is 7.83. The second-order valence-electron chi connectivity index (χ2n) is 5.42. The van der Waals surface area contributed by atoms with Gasteiger partial charge in [0.05, 0.1) is 17.6 Å². The van der Waals surface area contributed by atoms with Crippen molar-refractivity contribution >= 4 is 29.4 Å². The summed E-state index contributed by atoms with van der Waals surface area (Å²) >= 11 is 5.74. The molecule has 0 saturated heterocycles. The number of benzene rings is 2. The fraction of sp³-hybridized carbons (Fsp3) is 0.176. The van der Waals surface area contributed by atoms with Crippen LogP contribution in [0.15, 0.2) is 41.5 Å². The van der Waals surface area contributed by atoms with Crippen LogP contribution in [-0.4, -0.2) is 30.3 Å². The smallest absolute Gasteiger partial charge is 0.288 e. The number of ether oxygens (including phenoxy) is 2. The van der Waals surface area contributed by atoms with Crippen molar-refractivity contribution in [2.45, 2.75) is 6.42 Å². The molecule has 0 unspecified atom stereocenters. The maximum Gasteiger partial charge on any atom is 0.288 e. The van der Waals surface area contributed by atoms with E-state index in [-0.39, 0.29) is 23.0 Å². The number of hydrogen-bond acceptors (Lipinski definition) is 6. The lowest BCUT2D eigenvalue weighted by Crippen LogP contribution is -2.20. The Bertz CT molecular complexity index is 885. The van der Waals surface area contributed by atoms with E-state index < -0.39 is 4.92 Å². The van der Waals surface area contributed by atoms with Gasteiger partial charge in [-0.2, -0.15) is 5.10 Å². The van der Waals surface area contributed by atoms with Gasteiger partial charge in [0.15, 0.2) is 11.5 Å². The molecule has 2 aromatic carbocycles. The molecule has 1 aliphatic rings. The van der Waals surface area contributed by atoms with Crippen LogP contribution in [0.3, 0.4) is 0 Å². The maximum atomic E-state index is 12.0. The average molecular weight is 376 g/mol. The number of halogens is 1. The molecule has 0 aliphatic carbocycles. The average Bonchev–Trinajstić information content (AvgIpc) is 2.62. The van der Waals surface area contributed by atoms with Gasteiger partial charge in [-0.05, 0) is 23.8 Å². The summed E-state index contributed by atoms with van der Waals surface area (Å²) in [7, 11) is 0. The number of carbonyl (C=O) groups is 1. The Labute approximate surface area is 153 Å². The summed E-state index contributed by atoms with van der Waals surface area (Å²) in [5.41, 5.74) is 3.35. The van der Waals surface area contributed by atoms with Crippen molar-refractivity contribution in [2.75, 3.05) is 13.2 Å². The van der Waals surface area contributed by atoms with Crippen molar-refractivity contribution in [1.29, 1.82) is 0 Å². The van der Waals surface area contributed by atoms with Crippen LogP contribution in [0, 0.1) is 10.1 Å². The number of hydrogen-bond donors (Lipinski definition) is 1. The lowest BCUT2D eigenvalue weighted by Gasteiger charge is -2.18. The largest absolute Gasteiger partial charge is 0.486 e. The Morgan fingerprint density at radius 2 is 2.00 bits per heavy atom. The number of amides is 1. The molecule has 0 bridgehead atoms. The molecule has 1 amide bonds. The van der Waals surface area contributed by atoms with Crippen LogP contribution >= 0.6 is 11.6 Å². The molecule has 8 nitrogen and oxygen atoms in total. The van der Waals surface area contributed by atoms with Gasteiger partial charge in [-0.25, -0.2) is 5.43 Å². The van der Waals surface area contributed by atoms with Gasteiger partial charge in [0.1, 0.15) is 18.2 Å². The lowest BCUT2D eigenvalue weighted by atomic mass is 10.1. The van der Waals surface area contributed by atoms with Crippen molar-refractivity contribution in [3.63, 3.8) is 0 Å². The van der Waals surface area contributed by atoms with Gasteiger partial charge in [-0.15, -0.1) is 0 Å². The lowest BCUT2D eigenvalue weighted by molar-refractivity contribution is -0.384. The molecule has 3 rings (SSSR count). The quantitative estimate of drug-likeness (QED) is 0.491. The summed E-state index contributed by atoms with van der Waals surface area (Å²) < 4.78 is 10.9. The molecule has 26 heavy (non-hydrogen) atoms. The molecule has 2 aromatic rings. The molecular formula is C17H14ClN3O5. The van der Waals surface area contributed by atoms with Gasteiger partial charge in [0, 0.05) is 11.6 Å². The Morgan fingerprint density at radius 3 is 2.77 bits per heavy atom. The monoisotopic (exact) mass is 375 g/mol. The van der Waals surface area contributed by atoms with Crippen LogP contribution in [0.25, 0.3) is 0 Å². The topological polar surface area (TPSA) is 103 Å². The fourth-order valence-corrected chi connectivity index (χ4v) is 2.54. The molecule has 0 atom stereocenters. The van der Waals surface area contributed by atoms with E-state index in [1.54, 1.807) is 24.3 Å². The normalized spacial score (nSPS) is 12.8. The standard InChI is InChI=1S/C17H14ClN3O5/c18-13-3-1-12(7-14(13)21(23)24)10-19-20-17(22)9-11-2-4-15-16(8-11)26-6-5-25-15/h1-4,7-8,10H,5-6,9H2,(H,20,22)/b19-10+. The molecule has 1 heterocycles. The zero-order chi connectivity index (χ0) is 18.5. The van der Waals surface area contributed by atoms with E-state index >= 15 is 0 Å². The van der Waals surface area contributed by atoms with E-state index in [1.165, 1.54) is 18.3 Å². The van der Waals surface area contributed by atoms with Crippen molar-refractivity contribution in [3.8, 4) is 11.5 Å². The third-order valence-corrected chi connectivity index (χ3v) is 3.86. The maximum absolute atomic E-state index is 12.0. The number of nitrogens with one attached hydrogen (secondary N) is 1. The van der Waals surface area contributed by atoms with Crippen LogP contribution in [0.4, 0.5) is 5.69 Å². The SMILES string of the molecule is O=C(Cc1ccc2c(c1)OCCO2)N/N=C/c1ccc(Cl)c([N+](=O)[O-])c1. The third kappa shape index (κ3) is 4.28. The van der Waals surface area contributed by atoms with Crippen LogP contribution in [0.1, 0.15) is 11.1 Å². The van der Waals surface area contributed by atoms with Crippen molar-refractivity contribution in [3.05, 3.63) is 62.7 Å². The Hall–Kier alpha value is -3.13. The summed E-state index contributed by atoms with van der Waals surface area (Å²) in [6.07, 6.45) is 1.42. The van der Waals surface area contributed by atoms with Gasteiger partial charge in [0.2, 0.25) is 5.91 Å². The predicted molar refractivity (Wildman–Crippen MR) is 95.0 cm³/mol. The Kier molecular flexibility index (Phi) is 5.33. The minimum absolute atomic E-state index is 0.0368. The van der Waals surface area contributed by atoms with Crippen molar-refractivity contribution in [1.82, 2.24) is 5.43 Å². The van der Waals surface area contributed by atoms with E-state index in [1.807, 2.05) is 0 Å². The van der Waals surface area contributed by atoms with E-state index in [9.17, 15) is 14.9 Å². The van der Waals surface area contributed by atoms with E-state index in [4.69, 9.17) is 21.1 Å². The summed E-state index contributed by atoms with van der Waals surface area (Å²) in [5.74, 6) is 0.933. The van der Waals surface area contributed by atoms with E-state index in [0.717, 1.165) is 5.56 Å². The molecule has 0 radical (unpaired) electrons. The molecule has 1 N–H and O–H groups in total. The number of hydrazone groups is 1. The van der Waals surface area contributed by atoms with Gasteiger partial charge in [0.25, 0.3) is 5.69 Å². The molecule has 0 saturated carbocycles. The highest BCUT2D eigenvalue weighted by Gasteiger charge is 2.13. The number of carbonyl (C=O) groups excluding carboxylic acids is 1. The van der Waals surface area contributed by atoms with E-state index in [2.05, 4.69) is 10.5 Å². The minimum Gasteiger partial charge on any atom is -0.486 e. The fourth-order valence-electron chi connectivity index (χ4n) is 2.35. The summed E-state index contributed by atoms with van der Waals surface area (Å²) in [4.78, 5) is 22.2. The molecule has 0 spiro atoms. The van der Waals surface area contributed by atoms with Crippen LogP contribution < -0.4 is 14.9 Å². The van der Waals surface area contributed by atoms with Crippen LogP contribution in [0.5, 0.6) is 11.5 Å². The highest BCUT2D eigenvalue weighted by Crippen LogP contribution is 2.30. The van der Waals surface area contributed by atoms with Gasteiger partial charge >= 0.3 is 0 Å². The highest BCUT2D eigenvalue weighted by molar-refractivity contribution is 6.32. The van der Waals surface area contributed by atoms with Crippen molar-refractivity contribution < 1.29 is 19.2 Å². The molecular weight excluding hydrogens is 362 g/mol. The molecule has 9 heteroatoms. The van der Waals surface area contributed by atoms with Crippen molar-refractivity contribution in [2.24, 2.45) is 5.10 Å². The van der Waals surface area contributed by atoms with E-state index in [0.29, 0.717) is 30.3 Å². The highest BCUT2D eigenvalue weighted by atomic mass is 35.5. The number of fused-ring (bicyclic) bond motifs is 1. The summed E-state index contributed by atoms with van der Waals surface area (Å²) in [5, 5.41) is 14.7. The zero-order valence-electron chi connectivity index (χ0n) is 13.5. The zero-order valence-corrected chi connectivity index (χ0v) is 14.2. The Morgan fingerprint density at radius 1 is 1.23 bits per heavy atom. The van der Waals surface area contributed by atoms with Crippen LogP contribution in [-0.2, 0) is 11.2 Å². The first kappa shape index (κ1) is 17.7. The summed E-state index contributed by atoms with van der Waals surface area (Å²) in [6, 6.07) is 9.52. The van der Waals surface area contributed by atoms with Gasteiger partial charge in [-0.3, -0.25) is 14.9 Å². The van der Waals surface area contributed by atoms with Gasteiger partial charge in [-0.1, -0.05) is 23.7 Å². The molecule has 1 aliphatic heterocycles. The molecule has 0 fully saturated rings. The summed E-state index contributed by atoms with van der Waals surface area (Å²) in [6.45, 7) is 0.977. The second-order valence-corrected chi connectivity index (χ2v) is 5.82.